The first kappa shape index (κ1) is 37.3. The molecule has 2 heterocycles. The molecule has 0 saturated carbocycles. The summed E-state index contributed by atoms with van der Waals surface area (Å²) in [6.45, 7) is 10.7. The number of carbonyl (C=O) groups is 4. The molecule has 1 aliphatic heterocycles. The molecule has 1 aromatic carbocycles. The summed E-state index contributed by atoms with van der Waals surface area (Å²) >= 11 is 17.2. The number of amides is 2. The number of hydrogen-bond acceptors (Lipinski definition) is 8. The van der Waals surface area contributed by atoms with Gasteiger partial charge in [-0.2, -0.15) is 0 Å². The van der Waals surface area contributed by atoms with E-state index in [1.54, 1.807) is 45.9 Å². The largest absolute Gasteiger partial charge is 0.497 e. The molecule has 0 radical (unpaired) electrons. The number of nitrogens with one attached hydrogen (secondary N) is 1. The normalized spacial score (nSPS) is 15.7. The van der Waals surface area contributed by atoms with Crippen LogP contribution in [0.1, 0.15) is 65.6 Å². The van der Waals surface area contributed by atoms with Crippen molar-refractivity contribution in [2.24, 2.45) is 0 Å². The topological polar surface area (TPSA) is 125 Å². The first-order valence-electron chi connectivity index (χ1n) is 15.0. The minimum atomic E-state index is -1.81. The highest BCUT2D eigenvalue weighted by Gasteiger charge is 2.38. The lowest BCUT2D eigenvalue weighted by Crippen LogP contribution is -2.52. The van der Waals surface area contributed by atoms with Gasteiger partial charge in [0.15, 0.2) is 0 Å². The van der Waals surface area contributed by atoms with Crippen LogP contribution in [-0.2, 0) is 36.6 Å². The van der Waals surface area contributed by atoms with Gasteiger partial charge in [0.05, 0.1) is 19.2 Å². The third kappa shape index (κ3) is 9.92. The Balaban J connectivity index is 2.07. The standard InChI is InChI=1S/C32H42Cl3N3O8/c1-8-44-28(40)23(36-27(39)25-10-9-15-37(25)29(41)45-18-32(33,34)35)17-22-21-13-12-20(43-7)16-26(21)38(24(22)14-11-19(2)3)30(42)46-31(4,5)6/h11-13,16,23,25H,8-10,14-15,17-18H2,1-7H3,(H,36,39)/t23-,25-/m0/s1. The van der Waals surface area contributed by atoms with E-state index in [9.17, 15) is 19.2 Å². The Morgan fingerprint density at radius 3 is 2.37 bits per heavy atom. The summed E-state index contributed by atoms with van der Waals surface area (Å²) in [5, 5.41) is 3.47. The van der Waals surface area contributed by atoms with Crippen LogP contribution >= 0.6 is 34.8 Å². The number of allylic oxidation sites excluding steroid dienone is 2. The Morgan fingerprint density at radius 2 is 1.78 bits per heavy atom. The van der Waals surface area contributed by atoms with Crippen molar-refractivity contribution in [2.75, 3.05) is 26.9 Å². The molecular formula is C32H42Cl3N3O8. The van der Waals surface area contributed by atoms with Crippen molar-refractivity contribution >= 4 is 69.8 Å². The highest BCUT2D eigenvalue weighted by Crippen LogP contribution is 2.33. The van der Waals surface area contributed by atoms with Crippen molar-refractivity contribution in [1.82, 2.24) is 14.8 Å². The number of esters is 1. The summed E-state index contributed by atoms with van der Waals surface area (Å²) in [5.41, 5.74) is 1.98. The molecule has 2 amide bonds. The smallest absolute Gasteiger partial charge is 0.419 e. The fourth-order valence-electron chi connectivity index (χ4n) is 5.17. The van der Waals surface area contributed by atoms with E-state index in [2.05, 4.69) is 5.32 Å². The average molecular weight is 703 g/mol. The fraction of sp³-hybridized carbons (Fsp3) is 0.562. The molecule has 1 fully saturated rings. The zero-order valence-electron chi connectivity index (χ0n) is 27.2. The maximum absolute atomic E-state index is 13.7. The summed E-state index contributed by atoms with van der Waals surface area (Å²) in [5.74, 6) is -0.711. The molecule has 46 heavy (non-hydrogen) atoms. The molecule has 3 rings (SSSR count). The molecule has 1 aliphatic rings. The zero-order valence-corrected chi connectivity index (χ0v) is 29.5. The maximum Gasteiger partial charge on any atom is 0.419 e. The quantitative estimate of drug-likeness (QED) is 0.129. The van der Waals surface area contributed by atoms with E-state index < -0.39 is 52.1 Å². The average Bonchev–Trinajstić information content (AvgIpc) is 3.56. The Bertz CT molecular complexity index is 1470. The van der Waals surface area contributed by atoms with Crippen LogP contribution in [0, 0.1) is 0 Å². The van der Waals surface area contributed by atoms with Gasteiger partial charge in [0, 0.05) is 36.5 Å². The number of alkyl halides is 3. The third-order valence-electron chi connectivity index (χ3n) is 7.11. The van der Waals surface area contributed by atoms with E-state index >= 15 is 0 Å². The lowest BCUT2D eigenvalue weighted by atomic mass is 9.99. The van der Waals surface area contributed by atoms with Gasteiger partial charge in [0.1, 0.15) is 30.0 Å². The number of nitrogens with zero attached hydrogens (tertiary/aromatic N) is 2. The predicted molar refractivity (Wildman–Crippen MR) is 177 cm³/mol. The number of ether oxygens (including phenoxy) is 4. The number of rotatable bonds is 10. The van der Waals surface area contributed by atoms with Crippen LogP contribution < -0.4 is 10.1 Å². The summed E-state index contributed by atoms with van der Waals surface area (Å²) in [4.78, 5) is 54.7. The van der Waals surface area contributed by atoms with Crippen LogP contribution in [0.25, 0.3) is 10.9 Å². The molecule has 0 aliphatic carbocycles. The summed E-state index contributed by atoms with van der Waals surface area (Å²) < 4.78 is 21.4. The summed E-state index contributed by atoms with van der Waals surface area (Å²) in [6.07, 6.45) is 1.75. The SMILES string of the molecule is CCOC(=O)[C@H](Cc1c(CC=C(C)C)n(C(=O)OC(C)(C)C)c2cc(OC)ccc12)NC(=O)[C@@H]1CCCN1C(=O)OCC(Cl)(Cl)Cl. The molecular weight excluding hydrogens is 661 g/mol. The Morgan fingerprint density at radius 1 is 1.09 bits per heavy atom. The third-order valence-corrected chi connectivity index (χ3v) is 7.44. The molecule has 2 aromatic rings. The predicted octanol–water partition coefficient (Wildman–Crippen LogP) is 6.50. The van der Waals surface area contributed by atoms with Crippen molar-refractivity contribution in [1.29, 1.82) is 0 Å². The van der Waals surface area contributed by atoms with E-state index in [1.807, 2.05) is 19.9 Å². The lowest BCUT2D eigenvalue weighted by Gasteiger charge is -2.26. The molecule has 1 aromatic heterocycles. The van der Waals surface area contributed by atoms with Gasteiger partial charge in [0.25, 0.3) is 0 Å². The first-order valence-corrected chi connectivity index (χ1v) is 16.1. The highest BCUT2D eigenvalue weighted by molar-refractivity contribution is 6.67. The molecule has 11 nitrogen and oxygen atoms in total. The van der Waals surface area contributed by atoms with Gasteiger partial charge in [-0.05, 0) is 72.1 Å². The molecule has 2 atom stereocenters. The van der Waals surface area contributed by atoms with Crippen molar-refractivity contribution in [3.63, 3.8) is 0 Å². The lowest BCUT2D eigenvalue weighted by molar-refractivity contribution is -0.147. The van der Waals surface area contributed by atoms with Crippen LogP contribution in [0.15, 0.2) is 29.8 Å². The van der Waals surface area contributed by atoms with Crippen molar-refractivity contribution < 1.29 is 38.1 Å². The second-order valence-corrected chi connectivity index (χ2v) is 14.7. The van der Waals surface area contributed by atoms with Crippen LogP contribution in [0.3, 0.4) is 0 Å². The van der Waals surface area contributed by atoms with Gasteiger partial charge < -0.3 is 24.3 Å². The number of hydrogen-bond donors (Lipinski definition) is 1. The van der Waals surface area contributed by atoms with E-state index in [0.717, 1.165) is 5.57 Å². The maximum atomic E-state index is 13.7. The van der Waals surface area contributed by atoms with Gasteiger partial charge in [0.2, 0.25) is 9.70 Å². The van der Waals surface area contributed by atoms with Gasteiger partial charge >= 0.3 is 18.2 Å². The first-order chi connectivity index (χ1) is 21.5. The minimum absolute atomic E-state index is 0.0143. The monoisotopic (exact) mass is 701 g/mol. The van der Waals surface area contributed by atoms with Gasteiger partial charge in [-0.3, -0.25) is 9.69 Å². The van der Waals surface area contributed by atoms with Crippen LogP contribution in [-0.4, -0.2) is 81.9 Å². The molecule has 14 heteroatoms. The van der Waals surface area contributed by atoms with Crippen LogP contribution in [0.5, 0.6) is 5.75 Å². The van der Waals surface area contributed by atoms with E-state index in [-0.39, 0.29) is 19.6 Å². The molecule has 0 spiro atoms. The number of methoxy groups -OCH3 is 1. The fourth-order valence-corrected chi connectivity index (χ4v) is 5.33. The van der Waals surface area contributed by atoms with Crippen molar-refractivity contribution in [3.8, 4) is 5.75 Å². The molecule has 254 valence electrons. The number of likely N-dealkylation sites (tertiary alicyclic amines) is 1. The minimum Gasteiger partial charge on any atom is -0.497 e. The number of benzene rings is 1. The molecule has 1 N–H and O–H groups in total. The van der Waals surface area contributed by atoms with Crippen LogP contribution in [0.4, 0.5) is 9.59 Å². The molecule has 1 saturated heterocycles. The summed E-state index contributed by atoms with van der Waals surface area (Å²) in [7, 11) is 1.53. The second-order valence-electron chi connectivity index (χ2n) is 12.1. The van der Waals surface area contributed by atoms with Gasteiger partial charge in [-0.25, -0.2) is 19.0 Å². The number of carbonyl (C=O) groups excluding carboxylic acids is 4. The summed E-state index contributed by atoms with van der Waals surface area (Å²) in [6, 6.07) is 3.22. The Labute approximate surface area is 284 Å². The highest BCUT2D eigenvalue weighted by atomic mass is 35.6. The zero-order chi connectivity index (χ0) is 34.4. The molecule has 0 unspecified atom stereocenters. The van der Waals surface area contributed by atoms with Crippen molar-refractivity contribution in [3.05, 3.63) is 41.1 Å². The van der Waals surface area contributed by atoms with Gasteiger partial charge in [-0.1, -0.05) is 46.5 Å². The van der Waals surface area contributed by atoms with E-state index in [4.69, 9.17) is 53.8 Å². The number of halogens is 3. The Hall–Kier alpha value is -3.15. The Kier molecular flexibility index (Phi) is 12.7. The van der Waals surface area contributed by atoms with Gasteiger partial charge in [-0.15, -0.1) is 0 Å². The van der Waals surface area contributed by atoms with E-state index in [0.29, 0.717) is 47.2 Å². The number of fused-ring (bicyclic) bond motifs is 1. The van der Waals surface area contributed by atoms with Crippen molar-refractivity contribution in [2.45, 2.75) is 88.7 Å². The molecule has 0 bridgehead atoms. The number of aromatic nitrogens is 1. The second kappa shape index (κ2) is 15.6. The van der Waals surface area contributed by atoms with Crippen LogP contribution in [0.2, 0.25) is 0 Å². The van der Waals surface area contributed by atoms with E-state index in [1.165, 1.54) is 16.6 Å².